The lowest BCUT2D eigenvalue weighted by molar-refractivity contribution is 0.555. The van der Waals surface area contributed by atoms with Crippen LogP contribution in [-0.2, 0) is 0 Å². The molecular weight excluding hydrogens is 184 g/mol. The molecule has 2 heteroatoms. The van der Waals surface area contributed by atoms with Crippen molar-refractivity contribution in [3.63, 3.8) is 0 Å². The maximum absolute atomic E-state index is 3.34. The van der Waals surface area contributed by atoms with E-state index in [0.717, 1.165) is 6.54 Å². The summed E-state index contributed by atoms with van der Waals surface area (Å²) in [7, 11) is 4.00. The molecule has 1 unspecified atom stereocenters. The van der Waals surface area contributed by atoms with E-state index in [4.69, 9.17) is 0 Å². The molecule has 0 aliphatic carbocycles. The second kappa shape index (κ2) is 5.29. The monoisotopic (exact) mass is 206 g/mol. The lowest BCUT2D eigenvalue weighted by Gasteiger charge is -2.20. The molecule has 0 aromatic heterocycles. The molecule has 2 N–H and O–H groups in total. The highest BCUT2D eigenvalue weighted by Gasteiger charge is 2.12. The zero-order chi connectivity index (χ0) is 11.4. The Balaban J connectivity index is 3.07. The highest BCUT2D eigenvalue weighted by Crippen LogP contribution is 2.22. The molecule has 2 nitrogen and oxygen atoms in total. The van der Waals surface area contributed by atoms with Crippen LogP contribution >= 0.6 is 0 Å². The van der Waals surface area contributed by atoms with Gasteiger partial charge in [-0.1, -0.05) is 12.1 Å². The van der Waals surface area contributed by atoms with Crippen molar-refractivity contribution < 1.29 is 0 Å². The molecule has 15 heavy (non-hydrogen) atoms. The Kier molecular flexibility index (Phi) is 4.30. The summed E-state index contributed by atoms with van der Waals surface area (Å²) in [5, 5.41) is 6.56. The number of aryl methyl sites for hydroxylation is 1. The Morgan fingerprint density at radius 2 is 1.73 bits per heavy atom. The second-order valence-electron chi connectivity index (χ2n) is 4.12. The summed E-state index contributed by atoms with van der Waals surface area (Å²) in [5.41, 5.74) is 5.58. The van der Waals surface area contributed by atoms with Gasteiger partial charge in [-0.15, -0.1) is 0 Å². The molecule has 1 aromatic carbocycles. The summed E-state index contributed by atoms with van der Waals surface area (Å²) in [6.07, 6.45) is 0. The number of benzene rings is 1. The van der Waals surface area contributed by atoms with Gasteiger partial charge < -0.3 is 10.6 Å². The van der Waals surface area contributed by atoms with Crippen LogP contribution in [0.4, 0.5) is 0 Å². The standard InChI is InChI=1S/C13H22N2/c1-9-6-7-12(11(3)10(9)2)13(15-5)8-14-4/h6-7,13-15H,8H2,1-5H3. The Labute approximate surface area is 93.1 Å². The molecule has 0 radical (unpaired) electrons. The first-order valence-electron chi connectivity index (χ1n) is 5.50. The molecule has 0 bridgehead atoms. The highest BCUT2D eigenvalue weighted by atomic mass is 14.9. The SMILES string of the molecule is CNCC(NC)c1ccc(C)c(C)c1C. The van der Waals surface area contributed by atoms with Crippen molar-refractivity contribution in [1.82, 2.24) is 10.6 Å². The van der Waals surface area contributed by atoms with Crippen molar-refractivity contribution in [2.24, 2.45) is 0 Å². The number of nitrogens with one attached hydrogen (secondary N) is 2. The molecule has 0 heterocycles. The first kappa shape index (κ1) is 12.2. The van der Waals surface area contributed by atoms with E-state index in [9.17, 15) is 0 Å². The van der Waals surface area contributed by atoms with Gasteiger partial charge in [0.15, 0.2) is 0 Å². The molecule has 0 amide bonds. The second-order valence-corrected chi connectivity index (χ2v) is 4.12. The number of hydrogen-bond donors (Lipinski definition) is 2. The number of rotatable bonds is 4. The molecule has 0 aliphatic heterocycles. The fraction of sp³-hybridized carbons (Fsp3) is 0.538. The third-order valence-corrected chi connectivity index (χ3v) is 3.23. The van der Waals surface area contributed by atoms with Crippen molar-refractivity contribution in [3.8, 4) is 0 Å². The molecule has 1 aromatic rings. The van der Waals surface area contributed by atoms with Gasteiger partial charge in [-0.05, 0) is 57.1 Å². The minimum absolute atomic E-state index is 0.397. The molecule has 1 atom stereocenters. The maximum atomic E-state index is 3.34. The van der Waals surface area contributed by atoms with Gasteiger partial charge in [0, 0.05) is 12.6 Å². The minimum Gasteiger partial charge on any atom is -0.318 e. The Hall–Kier alpha value is -0.860. The van der Waals surface area contributed by atoms with E-state index in [-0.39, 0.29) is 0 Å². The Morgan fingerprint density at radius 3 is 2.27 bits per heavy atom. The van der Waals surface area contributed by atoms with E-state index in [1.165, 1.54) is 22.3 Å². The van der Waals surface area contributed by atoms with E-state index >= 15 is 0 Å². The number of hydrogen-bond acceptors (Lipinski definition) is 2. The third kappa shape index (κ3) is 2.58. The van der Waals surface area contributed by atoms with Crippen LogP contribution in [0.1, 0.15) is 28.3 Å². The average Bonchev–Trinajstić information content (AvgIpc) is 2.24. The Bertz CT molecular complexity index is 332. The van der Waals surface area contributed by atoms with E-state index < -0.39 is 0 Å². The first-order chi connectivity index (χ1) is 7.11. The van der Waals surface area contributed by atoms with Crippen LogP contribution in [0.15, 0.2) is 12.1 Å². The van der Waals surface area contributed by atoms with Crippen LogP contribution in [0.2, 0.25) is 0 Å². The fourth-order valence-corrected chi connectivity index (χ4v) is 1.93. The smallest absolute Gasteiger partial charge is 0.0446 e. The van der Waals surface area contributed by atoms with Crippen LogP contribution in [-0.4, -0.2) is 20.6 Å². The zero-order valence-electron chi connectivity index (χ0n) is 10.4. The van der Waals surface area contributed by atoms with Crippen LogP contribution in [0, 0.1) is 20.8 Å². The quantitative estimate of drug-likeness (QED) is 0.788. The van der Waals surface area contributed by atoms with E-state index in [0.29, 0.717) is 6.04 Å². The first-order valence-corrected chi connectivity index (χ1v) is 5.50. The molecule has 0 saturated heterocycles. The van der Waals surface area contributed by atoms with E-state index in [1.54, 1.807) is 0 Å². The number of likely N-dealkylation sites (N-methyl/N-ethyl adjacent to an activating group) is 2. The van der Waals surface area contributed by atoms with Crippen molar-refractivity contribution in [3.05, 3.63) is 34.4 Å². The van der Waals surface area contributed by atoms with E-state index in [2.05, 4.69) is 43.5 Å². The van der Waals surface area contributed by atoms with Crippen LogP contribution in [0.3, 0.4) is 0 Å². The van der Waals surface area contributed by atoms with Crippen LogP contribution in [0.25, 0.3) is 0 Å². The summed E-state index contributed by atoms with van der Waals surface area (Å²) in [4.78, 5) is 0. The van der Waals surface area contributed by atoms with Gasteiger partial charge in [-0.2, -0.15) is 0 Å². The van der Waals surface area contributed by atoms with Crippen molar-refractivity contribution in [1.29, 1.82) is 0 Å². The molecule has 84 valence electrons. The van der Waals surface area contributed by atoms with Gasteiger partial charge in [-0.3, -0.25) is 0 Å². The summed E-state index contributed by atoms with van der Waals surface area (Å²) in [5.74, 6) is 0. The zero-order valence-corrected chi connectivity index (χ0v) is 10.4. The predicted octanol–water partition coefficient (Wildman–Crippen LogP) is 2.09. The van der Waals surface area contributed by atoms with Crippen molar-refractivity contribution in [2.45, 2.75) is 26.8 Å². The summed E-state index contributed by atoms with van der Waals surface area (Å²) < 4.78 is 0. The molecule has 0 spiro atoms. The summed E-state index contributed by atoms with van der Waals surface area (Å²) >= 11 is 0. The average molecular weight is 206 g/mol. The van der Waals surface area contributed by atoms with Crippen molar-refractivity contribution in [2.75, 3.05) is 20.6 Å². The van der Waals surface area contributed by atoms with E-state index in [1.807, 2.05) is 14.1 Å². The predicted molar refractivity (Wildman–Crippen MR) is 66.4 cm³/mol. The topological polar surface area (TPSA) is 24.1 Å². The lowest BCUT2D eigenvalue weighted by Crippen LogP contribution is -2.28. The summed E-state index contributed by atoms with van der Waals surface area (Å²) in [6, 6.07) is 4.84. The van der Waals surface area contributed by atoms with Crippen molar-refractivity contribution >= 4 is 0 Å². The molecule has 0 aliphatic rings. The van der Waals surface area contributed by atoms with Gasteiger partial charge >= 0.3 is 0 Å². The summed E-state index contributed by atoms with van der Waals surface area (Å²) in [6.45, 7) is 7.52. The maximum Gasteiger partial charge on any atom is 0.0446 e. The molecule has 0 saturated carbocycles. The van der Waals surface area contributed by atoms with Gasteiger partial charge in [0.1, 0.15) is 0 Å². The van der Waals surface area contributed by atoms with Crippen LogP contribution in [0.5, 0.6) is 0 Å². The molecule has 0 fully saturated rings. The third-order valence-electron chi connectivity index (χ3n) is 3.23. The minimum atomic E-state index is 0.397. The van der Waals surface area contributed by atoms with Crippen LogP contribution < -0.4 is 10.6 Å². The van der Waals surface area contributed by atoms with Gasteiger partial charge in [0.05, 0.1) is 0 Å². The van der Waals surface area contributed by atoms with Gasteiger partial charge in [-0.25, -0.2) is 0 Å². The molecule has 1 rings (SSSR count). The largest absolute Gasteiger partial charge is 0.318 e. The lowest BCUT2D eigenvalue weighted by atomic mass is 9.94. The molecular formula is C13H22N2. The Morgan fingerprint density at radius 1 is 1.07 bits per heavy atom. The van der Waals surface area contributed by atoms with Gasteiger partial charge in [0.25, 0.3) is 0 Å². The highest BCUT2D eigenvalue weighted by molar-refractivity contribution is 5.40. The normalized spacial score (nSPS) is 12.9. The van der Waals surface area contributed by atoms with Gasteiger partial charge in [0.2, 0.25) is 0 Å². The fourth-order valence-electron chi connectivity index (χ4n) is 1.93.